The van der Waals surface area contributed by atoms with E-state index >= 15 is 0 Å². The molecule has 2 aliphatic heterocycles. The molecule has 0 aromatic heterocycles. The molecule has 2 fully saturated rings. The number of ether oxygens (including phenoxy) is 1. The van der Waals surface area contributed by atoms with E-state index in [1.807, 2.05) is 11.8 Å². The topological polar surface area (TPSA) is 70.2 Å². The molecule has 8 heteroatoms. The molecule has 1 atom stereocenters. The van der Waals surface area contributed by atoms with Gasteiger partial charge in [-0.3, -0.25) is 14.5 Å². The van der Waals surface area contributed by atoms with Crippen molar-refractivity contribution >= 4 is 35.2 Å². The number of imide groups is 1. The van der Waals surface area contributed by atoms with Crippen LogP contribution < -0.4 is 4.90 Å². The molecule has 1 aromatic carbocycles. The molecule has 140 valence electrons. The summed E-state index contributed by atoms with van der Waals surface area (Å²) < 4.78 is 5.00. The fourth-order valence-electron chi connectivity index (χ4n) is 3.32. The average molecular weight is 380 g/mol. The molecule has 1 unspecified atom stereocenters. The van der Waals surface area contributed by atoms with Crippen molar-refractivity contribution in [2.24, 2.45) is 0 Å². The van der Waals surface area contributed by atoms with Gasteiger partial charge < -0.3 is 9.64 Å². The minimum absolute atomic E-state index is 0.143. The maximum Gasteiger partial charge on any atom is 0.409 e. The Hall–Kier alpha value is -2.12. The minimum Gasteiger partial charge on any atom is -0.450 e. The average Bonchev–Trinajstić information content (AvgIpc) is 2.92. The lowest BCUT2D eigenvalue weighted by Gasteiger charge is -2.36. The molecule has 2 aliphatic rings. The molecule has 0 aliphatic carbocycles. The third-order valence-corrected chi connectivity index (χ3v) is 5.22. The van der Waals surface area contributed by atoms with Gasteiger partial charge >= 0.3 is 6.09 Å². The Bertz CT molecular complexity index is 731. The lowest BCUT2D eigenvalue weighted by atomic mass is 10.2. The molecular weight excluding hydrogens is 358 g/mol. The first-order valence-electron chi connectivity index (χ1n) is 8.71. The highest BCUT2D eigenvalue weighted by molar-refractivity contribution is 6.32. The van der Waals surface area contributed by atoms with E-state index in [1.165, 1.54) is 4.90 Å². The molecular formula is C18H22ClN3O4. The summed E-state index contributed by atoms with van der Waals surface area (Å²) in [5, 5.41) is 0.523. The first-order valence-corrected chi connectivity index (χ1v) is 9.09. The zero-order chi connectivity index (χ0) is 18.8. The molecule has 7 nitrogen and oxygen atoms in total. The van der Waals surface area contributed by atoms with Gasteiger partial charge in [0, 0.05) is 31.2 Å². The summed E-state index contributed by atoms with van der Waals surface area (Å²) in [5.41, 5.74) is 1.39. The smallest absolute Gasteiger partial charge is 0.409 e. The third kappa shape index (κ3) is 3.54. The van der Waals surface area contributed by atoms with Crippen molar-refractivity contribution < 1.29 is 19.1 Å². The first-order chi connectivity index (χ1) is 12.4. The molecule has 26 heavy (non-hydrogen) atoms. The van der Waals surface area contributed by atoms with Crippen LogP contribution in [-0.2, 0) is 14.3 Å². The number of anilines is 1. The van der Waals surface area contributed by atoms with Crippen LogP contribution in [0.3, 0.4) is 0 Å². The van der Waals surface area contributed by atoms with Crippen LogP contribution in [0.25, 0.3) is 0 Å². The van der Waals surface area contributed by atoms with Crippen LogP contribution in [0.15, 0.2) is 18.2 Å². The van der Waals surface area contributed by atoms with Crippen molar-refractivity contribution in [1.29, 1.82) is 0 Å². The van der Waals surface area contributed by atoms with Gasteiger partial charge in [0.15, 0.2) is 0 Å². The van der Waals surface area contributed by atoms with Crippen LogP contribution in [0.4, 0.5) is 10.5 Å². The maximum absolute atomic E-state index is 12.8. The Morgan fingerprint density at radius 1 is 1.23 bits per heavy atom. The second-order valence-electron chi connectivity index (χ2n) is 6.44. The maximum atomic E-state index is 12.8. The van der Waals surface area contributed by atoms with Gasteiger partial charge in [-0.1, -0.05) is 17.7 Å². The summed E-state index contributed by atoms with van der Waals surface area (Å²) >= 11 is 6.14. The number of amides is 3. The number of carbonyl (C=O) groups excluding carboxylic acids is 3. The van der Waals surface area contributed by atoms with E-state index in [2.05, 4.69) is 0 Å². The number of carbonyl (C=O) groups is 3. The predicted molar refractivity (Wildman–Crippen MR) is 97.3 cm³/mol. The largest absolute Gasteiger partial charge is 0.450 e. The fourth-order valence-corrected chi connectivity index (χ4v) is 3.50. The van der Waals surface area contributed by atoms with Gasteiger partial charge in [-0.25, -0.2) is 9.69 Å². The highest BCUT2D eigenvalue weighted by atomic mass is 35.5. The van der Waals surface area contributed by atoms with E-state index in [1.54, 1.807) is 30.0 Å². The van der Waals surface area contributed by atoms with Crippen molar-refractivity contribution in [3.8, 4) is 0 Å². The molecule has 0 N–H and O–H groups in total. The number of benzene rings is 1. The Balaban J connectivity index is 1.68. The van der Waals surface area contributed by atoms with Gasteiger partial charge in [0.05, 0.1) is 24.8 Å². The number of nitrogens with zero attached hydrogens (tertiary/aromatic N) is 3. The van der Waals surface area contributed by atoms with Gasteiger partial charge in [-0.2, -0.15) is 0 Å². The van der Waals surface area contributed by atoms with Crippen LogP contribution >= 0.6 is 11.6 Å². The summed E-state index contributed by atoms with van der Waals surface area (Å²) in [4.78, 5) is 41.9. The number of rotatable bonds is 3. The highest BCUT2D eigenvalue weighted by Crippen LogP contribution is 2.29. The molecule has 0 saturated carbocycles. The second-order valence-corrected chi connectivity index (χ2v) is 6.85. The number of halogens is 1. The van der Waals surface area contributed by atoms with Gasteiger partial charge in [0.25, 0.3) is 5.91 Å². The Morgan fingerprint density at radius 2 is 1.92 bits per heavy atom. The summed E-state index contributed by atoms with van der Waals surface area (Å²) in [6.07, 6.45) is -0.194. The van der Waals surface area contributed by atoms with Crippen molar-refractivity contribution in [3.05, 3.63) is 28.8 Å². The first kappa shape index (κ1) is 18.7. The van der Waals surface area contributed by atoms with E-state index in [4.69, 9.17) is 16.3 Å². The van der Waals surface area contributed by atoms with Crippen LogP contribution in [0.2, 0.25) is 5.02 Å². The lowest BCUT2D eigenvalue weighted by molar-refractivity contribution is -0.123. The number of piperazine rings is 1. The summed E-state index contributed by atoms with van der Waals surface area (Å²) in [7, 11) is 0. The number of hydrogen-bond acceptors (Lipinski definition) is 5. The van der Waals surface area contributed by atoms with Crippen molar-refractivity contribution in [2.45, 2.75) is 26.3 Å². The van der Waals surface area contributed by atoms with E-state index in [-0.39, 0.29) is 24.3 Å². The quantitative estimate of drug-likeness (QED) is 0.752. The summed E-state index contributed by atoms with van der Waals surface area (Å²) in [6.45, 7) is 5.99. The fraction of sp³-hybridized carbons (Fsp3) is 0.500. The number of hydrogen-bond donors (Lipinski definition) is 0. The molecule has 3 amide bonds. The van der Waals surface area contributed by atoms with Gasteiger partial charge in [0.2, 0.25) is 5.91 Å². The molecule has 3 rings (SSSR count). The standard InChI is InChI=1S/C18H22ClN3O4/c1-3-26-18(25)21-8-6-20(7-9-21)15-11-16(23)22(17(15)24)13-5-4-12(2)14(19)10-13/h4-5,10,15H,3,6-9,11H2,1-2H3. The van der Waals surface area contributed by atoms with Gasteiger partial charge in [-0.05, 0) is 31.5 Å². The van der Waals surface area contributed by atoms with Gasteiger partial charge in [-0.15, -0.1) is 0 Å². The lowest BCUT2D eigenvalue weighted by Crippen LogP contribution is -2.54. The monoisotopic (exact) mass is 379 g/mol. The van der Waals surface area contributed by atoms with Crippen LogP contribution in [0.1, 0.15) is 18.9 Å². The predicted octanol–water partition coefficient (Wildman–Crippen LogP) is 2.05. The molecule has 2 heterocycles. The van der Waals surface area contributed by atoms with Crippen LogP contribution in [-0.4, -0.2) is 66.5 Å². The molecule has 2 saturated heterocycles. The van der Waals surface area contributed by atoms with E-state index in [0.717, 1.165) is 5.56 Å². The van der Waals surface area contributed by atoms with Crippen molar-refractivity contribution in [2.75, 3.05) is 37.7 Å². The molecule has 0 bridgehead atoms. The zero-order valence-electron chi connectivity index (χ0n) is 14.9. The SMILES string of the molecule is CCOC(=O)N1CCN(C2CC(=O)N(c3ccc(C)c(Cl)c3)C2=O)CC1. The Kier molecular flexibility index (Phi) is 5.48. The normalized spacial score (nSPS) is 21.4. The van der Waals surface area contributed by atoms with Crippen molar-refractivity contribution in [3.63, 3.8) is 0 Å². The Labute approximate surface area is 157 Å². The second kappa shape index (κ2) is 7.63. The van der Waals surface area contributed by atoms with E-state index < -0.39 is 6.04 Å². The van der Waals surface area contributed by atoms with Crippen molar-refractivity contribution in [1.82, 2.24) is 9.80 Å². The number of aryl methyl sites for hydroxylation is 1. The van der Waals surface area contributed by atoms with E-state index in [9.17, 15) is 14.4 Å². The highest BCUT2D eigenvalue weighted by Gasteiger charge is 2.43. The van der Waals surface area contributed by atoms with Crippen LogP contribution in [0.5, 0.6) is 0 Å². The van der Waals surface area contributed by atoms with E-state index in [0.29, 0.717) is 43.5 Å². The zero-order valence-corrected chi connectivity index (χ0v) is 15.7. The third-order valence-electron chi connectivity index (χ3n) is 4.82. The summed E-state index contributed by atoms with van der Waals surface area (Å²) in [6, 6.07) is 4.68. The molecule has 1 aromatic rings. The van der Waals surface area contributed by atoms with Gasteiger partial charge in [0.1, 0.15) is 0 Å². The molecule has 0 radical (unpaired) electrons. The molecule has 0 spiro atoms. The minimum atomic E-state index is -0.494. The summed E-state index contributed by atoms with van der Waals surface area (Å²) in [5.74, 6) is -0.466. The van der Waals surface area contributed by atoms with Crippen LogP contribution in [0, 0.1) is 6.92 Å². The Morgan fingerprint density at radius 3 is 2.54 bits per heavy atom.